The standard InChI is InChI=1S/C13H7F2NO4S/c14-7-1-4-10(15)12(5-7)21-11-6-8(16(19)20)2-3-9(11)13(17)18/h1-6H,(H,17,18). The molecule has 0 amide bonds. The van der Waals surface area contributed by atoms with Crippen LogP contribution in [0.1, 0.15) is 10.4 Å². The fourth-order valence-electron chi connectivity index (χ4n) is 1.56. The van der Waals surface area contributed by atoms with Crippen molar-refractivity contribution in [2.45, 2.75) is 9.79 Å². The average molecular weight is 311 g/mol. The highest BCUT2D eigenvalue weighted by Crippen LogP contribution is 2.34. The van der Waals surface area contributed by atoms with Crippen LogP contribution in [0.3, 0.4) is 0 Å². The minimum absolute atomic E-state index is 0.0406. The summed E-state index contributed by atoms with van der Waals surface area (Å²) >= 11 is 0.615. The summed E-state index contributed by atoms with van der Waals surface area (Å²) in [5.74, 6) is -2.75. The van der Waals surface area contributed by atoms with Crippen LogP contribution in [-0.2, 0) is 0 Å². The molecule has 0 atom stereocenters. The summed E-state index contributed by atoms with van der Waals surface area (Å²) in [5.41, 5.74) is -0.562. The number of carbonyl (C=O) groups is 1. The first-order chi connectivity index (χ1) is 9.88. The van der Waals surface area contributed by atoms with E-state index in [9.17, 15) is 23.7 Å². The molecule has 2 rings (SSSR count). The zero-order valence-corrected chi connectivity index (χ0v) is 11.1. The zero-order chi connectivity index (χ0) is 15.6. The highest BCUT2D eigenvalue weighted by Gasteiger charge is 2.18. The van der Waals surface area contributed by atoms with E-state index in [4.69, 9.17) is 5.11 Å². The summed E-state index contributed by atoms with van der Waals surface area (Å²) in [7, 11) is 0. The number of nitrogens with zero attached hydrogens (tertiary/aromatic N) is 1. The molecule has 1 N–H and O–H groups in total. The number of carboxylic acid groups (broad SMARTS) is 1. The summed E-state index contributed by atoms with van der Waals surface area (Å²) in [5, 5.41) is 19.8. The van der Waals surface area contributed by atoms with Crippen LogP contribution in [0, 0.1) is 21.7 Å². The molecule has 0 radical (unpaired) electrons. The zero-order valence-electron chi connectivity index (χ0n) is 10.2. The van der Waals surface area contributed by atoms with Crippen LogP contribution < -0.4 is 0 Å². The van der Waals surface area contributed by atoms with E-state index in [1.807, 2.05) is 0 Å². The molecular formula is C13H7F2NO4S. The fourth-order valence-corrected chi connectivity index (χ4v) is 2.58. The molecule has 2 aromatic carbocycles. The normalized spacial score (nSPS) is 10.4. The van der Waals surface area contributed by atoms with Gasteiger partial charge < -0.3 is 5.11 Å². The van der Waals surface area contributed by atoms with Gasteiger partial charge in [0.1, 0.15) is 11.6 Å². The van der Waals surface area contributed by atoms with Gasteiger partial charge in [-0.2, -0.15) is 0 Å². The first kappa shape index (κ1) is 14.9. The molecule has 2 aromatic rings. The number of nitro groups is 1. The summed E-state index contributed by atoms with van der Waals surface area (Å²) < 4.78 is 26.7. The van der Waals surface area contributed by atoms with Crippen LogP contribution >= 0.6 is 11.8 Å². The Kier molecular flexibility index (Phi) is 4.18. The Morgan fingerprint density at radius 1 is 1.14 bits per heavy atom. The molecule has 0 saturated heterocycles. The number of hydrogen-bond acceptors (Lipinski definition) is 4. The van der Waals surface area contributed by atoms with Gasteiger partial charge >= 0.3 is 5.97 Å². The molecule has 0 bridgehead atoms. The van der Waals surface area contributed by atoms with Crippen molar-refractivity contribution in [2.75, 3.05) is 0 Å². The van der Waals surface area contributed by atoms with Gasteiger partial charge in [0.2, 0.25) is 0 Å². The van der Waals surface area contributed by atoms with Crippen molar-refractivity contribution >= 4 is 23.4 Å². The third-order valence-corrected chi connectivity index (χ3v) is 3.61. The maximum absolute atomic E-state index is 13.6. The van der Waals surface area contributed by atoms with Crippen LogP contribution in [0.15, 0.2) is 46.2 Å². The van der Waals surface area contributed by atoms with Crippen molar-refractivity contribution in [3.8, 4) is 0 Å². The molecule has 0 aliphatic rings. The van der Waals surface area contributed by atoms with E-state index in [1.54, 1.807) is 0 Å². The molecule has 0 aromatic heterocycles. The Hall–Kier alpha value is -2.48. The van der Waals surface area contributed by atoms with E-state index in [1.165, 1.54) is 0 Å². The minimum Gasteiger partial charge on any atom is -0.478 e. The Morgan fingerprint density at radius 3 is 2.48 bits per heavy atom. The topological polar surface area (TPSA) is 80.4 Å². The summed E-state index contributed by atoms with van der Waals surface area (Å²) in [6.45, 7) is 0. The van der Waals surface area contributed by atoms with Crippen LogP contribution in [0.25, 0.3) is 0 Å². The number of rotatable bonds is 4. The van der Waals surface area contributed by atoms with Gasteiger partial charge in [-0.05, 0) is 24.3 Å². The molecular weight excluding hydrogens is 304 g/mol. The first-order valence-corrected chi connectivity index (χ1v) is 6.35. The summed E-state index contributed by atoms with van der Waals surface area (Å²) in [6.07, 6.45) is 0. The molecule has 5 nitrogen and oxygen atoms in total. The van der Waals surface area contributed by atoms with Crippen molar-refractivity contribution in [3.05, 3.63) is 63.7 Å². The molecule has 8 heteroatoms. The smallest absolute Gasteiger partial charge is 0.336 e. The Balaban J connectivity index is 2.50. The highest BCUT2D eigenvalue weighted by molar-refractivity contribution is 7.99. The van der Waals surface area contributed by atoms with E-state index >= 15 is 0 Å². The molecule has 0 aliphatic carbocycles. The van der Waals surface area contributed by atoms with Gasteiger partial charge in [0, 0.05) is 17.0 Å². The lowest BCUT2D eigenvalue weighted by atomic mass is 10.2. The second kappa shape index (κ2) is 5.88. The largest absolute Gasteiger partial charge is 0.478 e. The van der Waals surface area contributed by atoms with E-state index in [0.717, 1.165) is 36.4 Å². The molecule has 0 aliphatic heterocycles. The number of aromatic carboxylic acids is 1. The number of nitro benzene ring substituents is 1. The van der Waals surface area contributed by atoms with E-state index in [-0.39, 0.29) is 21.0 Å². The molecule has 0 fully saturated rings. The van der Waals surface area contributed by atoms with E-state index in [2.05, 4.69) is 0 Å². The fraction of sp³-hybridized carbons (Fsp3) is 0. The van der Waals surface area contributed by atoms with Crippen LogP contribution in [0.4, 0.5) is 14.5 Å². The second-order valence-electron chi connectivity index (χ2n) is 3.92. The van der Waals surface area contributed by atoms with Gasteiger partial charge in [-0.25, -0.2) is 13.6 Å². The summed E-state index contributed by atoms with van der Waals surface area (Å²) in [6, 6.07) is 5.82. The number of halogens is 2. The molecule has 0 spiro atoms. The highest BCUT2D eigenvalue weighted by atomic mass is 32.2. The van der Waals surface area contributed by atoms with Crippen LogP contribution in [0.2, 0.25) is 0 Å². The quantitative estimate of drug-likeness (QED) is 0.687. The Labute approximate surface area is 121 Å². The molecule has 0 unspecified atom stereocenters. The average Bonchev–Trinajstić information content (AvgIpc) is 2.42. The monoisotopic (exact) mass is 311 g/mol. The van der Waals surface area contributed by atoms with E-state index in [0.29, 0.717) is 11.8 Å². The van der Waals surface area contributed by atoms with Crippen molar-refractivity contribution in [2.24, 2.45) is 0 Å². The first-order valence-electron chi connectivity index (χ1n) is 5.53. The summed E-state index contributed by atoms with van der Waals surface area (Å²) in [4.78, 5) is 20.9. The molecule has 108 valence electrons. The lowest BCUT2D eigenvalue weighted by molar-refractivity contribution is -0.385. The van der Waals surface area contributed by atoms with Crippen molar-refractivity contribution in [1.29, 1.82) is 0 Å². The Morgan fingerprint density at radius 2 is 1.86 bits per heavy atom. The lowest BCUT2D eigenvalue weighted by Crippen LogP contribution is -2.00. The van der Waals surface area contributed by atoms with Crippen molar-refractivity contribution in [3.63, 3.8) is 0 Å². The van der Waals surface area contributed by atoms with Crippen molar-refractivity contribution < 1.29 is 23.6 Å². The Bertz CT molecular complexity index is 736. The van der Waals surface area contributed by atoms with Gasteiger partial charge in [0.05, 0.1) is 15.4 Å². The number of non-ortho nitro benzene ring substituents is 1. The third-order valence-electron chi connectivity index (χ3n) is 2.52. The van der Waals surface area contributed by atoms with Gasteiger partial charge in [-0.3, -0.25) is 10.1 Å². The number of carboxylic acids is 1. The molecule has 0 heterocycles. The molecule has 21 heavy (non-hydrogen) atoms. The lowest BCUT2D eigenvalue weighted by Gasteiger charge is -2.07. The maximum Gasteiger partial charge on any atom is 0.336 e. The van der Waals surface area contributed by atoms with Crippen molar-refractivity contribution in [1.82, 2.24) is 0 Å². The number of hydrogen-bond donors (Lipinski definition) is 1. The van der Waals surface area contributed by atoms with E-state index < -0.39 is 22.5 Å². The number of benzene rings is 2. The van der Waals surface area contributed by atoms with Crippen LogP contribution in [0.5, 0.6) is 0 Å². The van der Waals surface area contributed by atoms with Crippen LogP contribution in [-0.4, -0.2) is 16.0 Å². The third kappa shape index (κ3) is 3.34. The second-order valence-corrected chi connectivity index (χ2v) is 5.00. The minimum atomic E-state index is -1.32. The van der Waals surface area contributed by atoms with Gasteiger partial charge in [-0.15, -0.1) is 0 Å². The van der Waals surface area contributed by atoms with Gasteiger partial charge in [0.25, 0.3) is 5.69 Å². The SMILES string of the molecule is O=C(O)c1ccc([N+](=O)[O-])cc1Sc1cc(F)ccc1F. The predicted molar refractivity (Wildman–Crippen MR) is 70.5 cm³/mol. The predicted octanol–water partition coefficient (Wildman–Crippen LogP) is 3.72. The van der Waals surface area contributed by atoms with Gasteiger partial charge in [-0.1, -0.05) is 11.8 Å². The van der Waals surface area contributed by atoms with Gasteiger partial charge in [0.15, 0.2) is 0 Å². The maximum atomic E-state index is 13.6. The molecule has 0 saturated carbocycles.